The minimum Gasteiger partial charge on any atom is -0.293 e. The molecule has 0 heterocycles. The molecule has 0 spiro atoms. The van der Waals surface area contributed by atoms with Crippen molar-refractivity contribution in [2.45, 2.75) is 20.8 Å². The quantitative estimate of drug-likeness (QED) is 0.736. The van der Waals surface area contributed by atoms with Crippen LogP contribution in [0.15, 0.2) is 42.5 Å². The Kier molecular flexibility index (Phi) is 3.61. The third-order valence-corrected chi connectivity index (χ3v) is 3.07. The molecule has 0 saturated carbocycles. The van der Waals surface area contributed by atoms with Gasteiger partial charge in [0, 0.05) is 5.56 Å². The Morgan fingerprint density at radius 1 is 0.944 bits per heavy atom. The van der Waals surface area contributed by atoms with Crippen LogP contribution in [-0.4, -0.2) is 5.78 Å². The second-order valence-corrected chi connectivity index (χ2v) is 4.69. The first-order valence-corrected chi connectivity index (χ1v) is 6.10. The molecule has 1 radical (unpaired) electrons. The molecule has 1 heteroatoms. The van der Waals surface area contributed by atoms with Gasteiger partial charge >= 0.3 is 0 Å². The first kappa shape index (κ1) is 12.6. The molecule has 0 bridgehead atoms. The Labute approximate surface area is 108 Å². The van der Waals surface area contributed by atoms with Crippen LogP contribution in [0.1, 0.15) is 32.6 Å². The number of ketones is 1. The van der Waals surface area contributed by atoms with E-state index in [1.165, 1.54) is 5.56 Å². The van der Waals surface area contributed by atoms with Crippen LogP contribution in [-0.2, 0) is 0 Å². The highest BCUT2D eigenvalue weighted by molar-refractivity contribution is 6.05. The van der Waals surface area contributed by atoms with Crippen LogP contribution in [0.4, 0.5) is 0 Å². The van der Waals surface area contributed by atoms with Crippen LogP contribution in [0, 0.1) is 27.2 Å². The summed E-state index contributed by atoms with van der Waals surface area (Å²) in [6, 6.07) is 13.6. The van der Waals surface area contributed by atoms with Crippen molar-refractivity contribution >= 4 is 5.78 Å². The van der Waals surface area contributed by atoms with E-state index in [-0.39, 0.29) is 5.78 Å². The summed E-state index contributed by atoms with van der Waals surface area (Å²) < 4.78 is 0. The van der Waals surface area contributed by atoms with Gasteiger partial charge in [0.05, 0.1) is 6.42 Å². The molecule has 0 aliphatic heterocycles. The van der Waals surface area contributed by atoms with Gasteiger partial charge in [-0.3, -0.25) is 4.79 Å². The number of aryl methyl sites for hydroxylation is 3. The monoisotopic (exact) mass is 237 g/mol. The van der Waals surface area contributed by atoms with Crippen LogP contribution in [0.3, 0.4) is 0 Å². The molecule has 1 nitrogen and oxygen atoms in total. The van der Waals surface area contributed by atoms with E-state index < -0.39 is 0 Å². The second-order valence-electron chi connectivity index (χ2n) is 4.69. The van der Waals surface area contributed by atoms with Crippen LogP contribution in [0.25, 0.3) is 0 Å². The summed E-state index contributed by atoms with van der Waals surface area (Å²) in [6.45, 7) is 6.16. The number of rotatable bonds is 3. The largest absolute Gasteiger partial charge is 0.293 e. The highest BCUT2D eigenvalue weighted by Crippen LogP contribution is 2.20. The number of hydrogen-bond acceptors (Lipinski definition) is 1. The molecule has 2 aromatic rings. The summed E-state index contributed by atoms with van der Waals surface area (Å²) in [5.74, 6) is 0.0608. The minimum atomic E-state index is 0.0608. The third-order valence-electron chi connectivity index (χ3n) is 3.07. The van der Waals surface area contributed by atoms with E-state index in [9.17, 15) is 4.79 Å². The molecule has 2 aromatic carbocycles. The molecule has 0 aromatic heterocycles. The maximum Gasteiger partial charge on any atom is 0.171 e. The highest BCUT2D eigenvalue weighted by atomic mass is 16.1. The minimum absolute atomic E-state index is 0.0608. The second kappa shape index (κ2) is 5.18. The molecular weight excluding hydrogens is 220 g/mol. The van der Waals surface area contributed by atoms with Crippen molar-refractivity contribution < 1.29 is 4.79 Å². The predicted molar refractivity (Wildman–Crippen MR) is 74.8 cm³/mol. The third kappa shape index (κ3) is 2.67. The van der Waals surface area contributed by atoms with Gasteiger partial charge in [-0.2, -0.15) is 0 Å². The molecule has 0 amide bonds. The van der Waals surface area contributed by atoms with Gasteiger partial charge in [0.2, 0.25) is 0 Å². The predicted octanol–water partition coefficient (Wildman–Crippen LogP) is 4.05. The van der Waals surface area contributed by atoms with Crippen molar-refractivity contribution in [3.8, 4) is 0 Å². The van der Waals surface area contributed by atoms with E-state index in [4.69, 9.17) is 0 Å². The maximum atomic E-state index is 12.1. The van der Waals surface area contributed by atoms with Gasteiger partial charge in [-0.1, -0.05) is 48.0 Å². The fourth-order valence-corrected chi connectivity index (χ4v) is 2.24. The zero-order valence-corrected chi connectivity index (χ0v) is 11.0. The Hall–Kier alpha value is -1.89. The lowest BCUT2D eigenvalue weighted by Gasteiger charge is -2.10. The van der Waals surface area contributed by atoms with E-state index in [0.717, 1.165) is 22.3 Å². The summed E-state index contributed by atoms with van der Waals surface area (Å²) >= 11 is 0. The van der Waals surface area contributed by atoms with Gasteiger partial charge in [-0.15, -0.1) is 0 Å². The summed E-state index contributed by atoms with van der Waals surface area (Å²) in [5.41, 5.74) is 5.30. The fourth-order valence-electron chi connectivity index (χ4n) is 2.24. The topological polar surface area (TPSA) is 17.1 Å². The molecular formula is C17H17O. The van der Waals surface area contributed by atoms with Gasteiger partial charge in [-0.05, 0) is 37.5 Å². The summed E-state index contributed by atoms with van der Waals surface area (Å²) in [6.07, 6.45) is 1.74. The summed E-state index contributed by atoms with van der Waals surface area (Å²) in [5, 5.41) is 0. The lowest BCUT2D eigenvalue weighted by atomic mass is 9.94. The maximum absolute atomic E-state index is 12.1. The van der Waals surface area contributed by atoms with Crippen molar-refractivity contribution in [1.29, 1.82) is 0 Å². The first-order valence-electron chi connectivity index (χ1n) is 6.10. The van der Waals surface area contributed by atoms with Crippen molar-refractivity contribution in [2.24, 2.45) is 0 Å². The molecule has 2 rings (SSSR count). The standard InChI is InChI=1S/C17H17O/c1-12-9-13(2)16(14(3)10-12)11-17(18)15-7-5-4-6-8-15/h4-11H,1-3H3. The Morgan fingerprint density at radius 3 is 2.06 bits per heavy atom. The van der Waals surface area contributed by atoms with Gasteiger partial charge in [0.1, 0.15) is 0 Å². The van der Waals surface area contributed by atoms with Gasteiger partial charge < -0.3 is 0 Å². The van der Waals surface area contributed by atoms with Crippen LogP contribution >= 0.6 is 0 Å². The molecule has 0 N–H and O–H groups in total. The van der Waals surface area contributed by atoms with Crippen molar-refractivity contribution in [2.75, 3.05) is 0 Å². The molecule has 0 aliphatic carbocycles. The molecule has 0 fully saturated rings. The normalized spacial score (nSPS) is 10.4. The average Bonchev–Trinajstić information content (AvgIpc) is 2.34. The van der Waals surface area contributed by atoms with Crippen molar-refractivity contribution in [3.05, 3.63) is 76.7 Å². The number of carbonyl (C=O) groups is 1. The Bertz CT molecular complexity index is 544. The average molecular weight is 237 g/mol. The fraction of sp³-hybridized carbons (Fsp3) is 0.176. The molecule has 91 valence electrons. The lowest BCUT2D eigenvalue weighted by Crippen LogP contribution is -2.04. The molecule has 0 atom stereocenters. The van der Waals surface area contributed by atoms with E-state index >= 15 is 0 Å². The highest BCUT2D eigenvalue weighted by Gasteiger charge is 2.11. The molecule has 18 heavy (non-hydrogen) atoms. The molecule has 0 saturated heterocycles. The first-order chi connectivity index (χ1) is 8.58. The van der Waals surface area contributed by atoms with Gasteiger partial charge in [0.25, 0.3) is 0 Å². The van der Waals surface area contributed by atoms with E-state index in [1.54, 1.807) is 6.42 Å². The van der Waals surface area contributed by atoms with Crippen molar-refractivity contribution in [3.63, 3.8) is 0 Å². The van der Waals surface area contributed by atoms with Crippen molar-refractivity contribution in [1.82, 2.24) is 0 Å². The van der Waals surface area contributed by atoms with Crippen LogP contribution in [0.2, 0.25) is 0 Å². The Morgan fingerprint density at radius 2 is 1.50 bits per heavy atom. The van der Waals surface area contributed by atoms with Gasteiger partial charge in [-0.25, -0.2) is 0 Å². The Balaban J connectivity index is 2.28. The SMILES string of the molecule is Cc1cc(C)c([CH]C(=O)c2ccccc2)c(C)c1. The number of carbonyl (C=O) groups excluding carboxylic acids is 1. The lowest BCUT2D eigenvalue weighted by molar-refractivity contribution is 0.103. The number of Topliss-reactive ketones (excluding diaryl/α,β-unsaturated/α-hetero) is 1. The summed E-state index contributed by atoms with van der Waals surface area (Å²) in [4.78, 5) is 12.1. The van der Waals surface area contributed by atoms with E-state index in [0.29, 0.717) is 0 Å². The zero-order valence-electron chi connectivity index (χ0n) is 11.0. The van der Waals surface area contributed by atoms with Crippen LogP contribution < -0.4 is 0 Å². The van der Waals surface area contributed by atoms with E-state index in [2.05, 4.69) is 19.1 Å². The molecule has 0 aliphatic rings. The zero-order chi connectivity index (χ0) is 13.1. The van der Waals surface area contributed by atoms with Crippen LogP contribution in [0.5, 0.6) is 0 Å². The van der Waals surface area contributed by atoms with Gasteiger partial charge in [0.15, 0.2) is 5.78 Å². The number of benzene rings is 2. The smallest absolute Gasteiger partial charge is 0.171 e. The number of hydrogen-bond donors (Lipinski definition) is 0. The molecule has 0 unspecified atom stereocenters. The van der Waals surface area contributed by atoms with E-state index in [1.807, 2.05) is 44.2 Å². The summed E-state index contributed by atoms with van der Waals surface area (Å²) in [7, 11) is 0.